The molecule has 0 saturated heterocycles. The maximum absolute atomic E-state index is 13.0. The van der Waals surface area contributed by atoms with Gasteiger partial charge in [-0.05, 0) is 128 Å². The molecule has 0 aliphatic rings. The van der Waals surface area contributed by atoms with Gasteiger partial charge < -0.3 is 33.3 Å². The second kappa shape index (κ2) is 72.5. The van der Waals surface area contributed by atoms with Crippen LogP contribution in [0, 0.1) is 0 Å². The Bertz CT molecular complexity index is 2140. The van der Waals surface area contributed by atoms with Crippen molar-refractivity contribution in [1.82, 2.24) is 0 Å². The molecule has 0 aliphatic heterocycles. The smallest absolute Gasteiger partial charge is 0.306 e. The number of quaternary nitrogens is 1. The molecule has 0 heterocycles. The maximum Gasteiger partial charge on any atom is 0.306 e. The van der Waals surface area contributed by atoms with Crippen LogP contribution in [0.25, 0.3) is 0 Å². The van der Waals surface area contributed by atoms with Crippen LogP contribution in [0.1, 0.15) is 284 Å². The highest BCUT2D eigenvalue weighted by Crippen LogP contribution is 2.17. The first kappa shape index (κ1) is 87.7. The second-order valence-corrected chi connectivity index (χ2v) is 25.5. The van der Waals surface area contributed by atoms with Crippen LogP contribution in [0.4, 0.5) is 0 Å². The van der Waals surface area contributed by atoms with Crippen molar-refractivity contribution in [1.29, 1.82) is 0 Å². The molecule has 0 amide bonds. The molecule has 0 N–H and O–H groups in total. The molecule has 0 aromatic rings. The highest BCUT2D eigenvalue weighted by Gasteiger charge is 2.22. The molecule has 0 aromatic carbocycles. The quantitative estimate of drug-likeness (QED) is 0.0195. The van der Waals surface area contributed by atoms with E-state index in [4.69, 9.17) is 18.9 Å². The summed E-state index contributed by atoms with van der Waals surface area (Å²) in [6, 6.07) is 0. The Morgan fingerprint density at radius 2 is 0.581 bits per heavy atom. The number of carboxylic acid groups (broad SMARTS) is 1. The molecule has 0 rings (SSSR count). The standard InChI is InChI=1S/C84H137NO8/c1-6-8-10-12-14-16-18-20-22-24-26-28-30-32-34-36-38-39-40-41-42-43-45-47-49-51-53-55-57-59-61-63-65-67-69-71-73-75-82(87)93-80(79-92-84(83(88)89)90-77-76-85(3,4)5)78-91-81(86)74-72-70-68-66-64-62-60-58-56-54-52-50-48-46-44-37-35-33-31-29-27-25-23-21-19-17-15-13-11-9-7-2/h8-11,14-17,20-23,26-29,32-35,38-39,41-42,45,47,51,53,80,84H,6-7,12-13,18-19,24-25,30-31,36-37,40,43-44,46,48-50,52,54-79H2,1-5H3/b10-8-,11-9-,16-14-,17-15-,22-20-,23-21-,28-26-,29-27-,34-32-,35-33-,39-38-,42-41-,47-45-,53-51-. The van der Waals surface area contributed by atoms with Crippen molar-refractivity contribution in [2.45, 2.75) is 296 Å². The summed E-state index contributed by atoms with van der Waals surface area (Å²) in [4.78, 5) is 37.6. The summed E-state index contributed by atoms with van der Waals surface area (Å²) < 4.78 is 22.8. The Kier molecular flexibility index (Phi) is 68.3. The van der Waals surface area contributed by atoms with Crippen LogP contribution >= 0.6 is 0 Å². The summed E-state index contributed by atoms with van der Waals surface area (Å²) in [7, 11) is 5.92. The van der Waals surface area contributed by atoms with E-state index in [1.54, 1.807) is 0 Å². The molecule has 9 nitrogen and oxygen atoms in total. The normalized spacial score (nSPS) is 13.7. The van der Waals surface area contributed by atoms with Gasteiger partial charge in [0.25, 0.3) is 0 Å². The summed E-state index contributed by atoms with van der Waals surface area (Å²) in [6.45, 7) is 4.51. The van der Waals surface area contributed by atoms with E-state index in [1.165, 1.54) is 116 Å². The van der Waals surface area contributed by atoms with E-state index in [1.807, 2.05) is 21.1 Å². The van der Waals surface area contributed by atoms with Crippen LogP contribution < -0.4 is 5.11 Å². The fourth-order valence-electron chi connectivity index (χ4n) is 9.85. The Morgan fingerprint density at radius 3 is 0.860 bits per heavy atom. The maximum atomic E-state index is 13.0. The van der Waals surface area contributed by atoms with E-state index in [-0.39, 0.29) is 38.6 Å². The third-order valence-corrected chi connectivity index (χ3v) is 15.5. The molecule has 93 heavy (non-hydrogen) atoms. The van der Waals surface area contributed by atoms with Crippen molar-refractivity contribution in [3.63, 3.8) is 0 Å². The van der Waals surface area contributed by atoms with Gasteiger partial charge in [-0.2, -0.15) is 0 Å². The molecule has 0 saturated carbocycles. The van der Waals surface area contributed by atoms with Gasteiger partial charge in [0, 0.05) is 12.8 Å². The molecule has 9 heteroatoms. The van der Waals surface area contributed by atoms with E-state index in [9.17, 15) is 19.5 Å². The van der Waals surface area contributed by atoms with Gasteiger partial charge in [-0.1, -0.05) is 312 Å². The summed E-state index contributed by atoms with van der Waals surface area (Å²) in [5.41, 5.74) is 0. The number of nitrogens with zero attached hydrogens (tertiary/aromatic N) is 1. The zero-order chi connectivity index (χ0) is 67.5. The van der Waals surface area contributed by atoms with Gasteiger partial charge >= 0.3 is 11.9 Å². The number of carboxylic acids is 1. The van der Waals surface area contributed by atoms with Crippen LogP contribution in [-0.2, 0) is 33.3 Å². The van der Waals surface area contributed by atoms with Gasteiger partial charge in [0.1, 0.15) is 13.2 Å². The van der Waals surface area contributed by atoms with E-state index < -0.39 is 24.3 Å². The van der Waals surface area contributed by atoms with Crippen molar-refractivity contribution in [3.05, 3.63) is 170 Å². The number of esters is 2. The number of hydrogen-bond acceptors (Lipinski definition) is 8. The van der Waals surface area contributed by atoms with Crippen molar-refractivity contribution in [3.8, 4) is 0 Å². The van der Waals surface area contributed by atoms with E-state index >= 15 is 0 Å². The van der Waals surface area contributed by atoms with Crippen LogP contribution in [0.3, 0.4) is 0 Å². The first-order valence-corrected chi connectivity index (χ1v) is 37.3. The molecular formula is C84H137NO8. The summed E-state index contributed by atoms with van der Waals surface area (Å²) in [5, 5.41) is 11.8. The van der Waals surface area contributed by atoms with Crippen LogP contribution in [-0.4, -0.2) is 82.3 Å². The average molecular weight is 1290 g/mol. The highest BCUT2D eigenvalue weighted by atomic mass is 16.7. The molecule has 0 aliphatic carbocycles. The number of carbonyl (C=O) groups is 3. The summed E-state index contributed by atoms with van der Waals surface area (Å²) >= 11 is 0. The first-order valence-electron chi connectivity index (χ1n) is 37.3. The number of likely N-dealkylation sites (N-methyl/N-ethyl adjacent to an activating group) is 1. The van der Waals surface area contributed by atoms with Gasteiger partial charge in [-0.3, -0.25) is 9.59 Å². The predicted molar refractivity (Wildman–Crippen MR) is 398 cm³/mol. The number of ether oxygens (including phenoxy) is 4. The lowest BCUT2D eigenvalue weighted by molar-refractivity contribution is -0.870. The fraction of sp³-hybridized carbons (Fsp3) is 0.631. The van der Waals surface area contributed by atoms with Crippen LogP contribution in [0.2, 0.25) is 0 Å². The lowest BCUT2D eigenvalue weighted by Crippen LogP contribution is -2.44. The molecule has 0 fully saturated rings. The Hall–Kier alpha value is -5.35. The van der Waals surface area contributed by atoms with E-state index in [2.05, 4.69) is 184 Å². The second-order valence-electron chi connectivity index (χ2n) is 25.5. The summed E-state index contributed by atoms with van der Waals surface area (Å²) in [6.07, 6.45) is 106. The monoisotopic (exact) mass is 1290 g/mol. The zero-order valence-electron chi connectivity index (χ0n) is 60.1. The predicted octanol–water partition coefficient (Wildman–Crippen LogP) is 22.5. The first-order chi connectivity index (χ1) is 45.6. The Balaban J connectivity index is 4.15. The number of unbranched alkanes of at least 4 members (excludes halogenated alkanes) is 24. The molecule has 0 bridgehead atoms. The van der Waals surface area contributed by atoms with Crippen molar-refractivity contribution < 1.29 is 42.9 Å². The van der Waals surface area contributed by atoms with Crippen LogP contribution in [0.5, 0.6) is 0 Å². The van der Waals surface area contributed by atoms with Crippen LogP contribution in [0.15, 0.2) is 170 Å². The number of hydrogen-bond donors (Lipinski definition) is 0. The van der Waals surface area contributed by atoms with Gasteiger partial charge in [-0.25, -0.2) is 0 Å². The van der Waals surface area contributed by atoms with Crippen molar-refractivity contribution in [2.24, 2.45) is 0 Å². The molecule has 2 unspecified atom stereocenters. The number of aliphatic carboxylic acids is 1. The van der Waals surface area contributed by atoms with E-state index in [0.29, 0.717) is 17.4 Å². The average Bonchev–Trinajstić information content (AvgIpc) is 3.73. The minimum Gasteiger partial charge on any atom is -0.545 e. The lowest BCUT2D eigenvalue weighted by Gasteiger charge is -2.26. The zero-order valence-corrected chi connectivity index (χ0v) is 60.1. The largest absolute Gasteiger partial charge is 0.545 e. The summed E-state index contributed by atoms with van der Waals surface area (Å²) in [5.74, 6) is -2.30. The van der Waals surface area contributed by atoms with Crippen molar-refractivity contribution >= 4 is 17.9 Å². The van der Waals surface area contributed by atoms with Gasteiger partial charge in [0.2, 0.25) is 0 Å². The topological polar surface area (TPSA) is 111 Å². The molecule has 0 spiro atoms. The minimum atomic E-state index is -1.63. The number of rotatable bonds is 67. The SMILES string of the molecule is CC/C=C\C/C=C\C/C=C\C/C=C\C/C=C\C/C=C\C/C=C\C/C=C\C/C=C\CCCCCCCCCCCC(=O)OC(COC(=O)CCCCCCCCCCCCCCCCC/C=C\C/C=C\C/C=C\C/C=C\C/C=C\CC)COC(OCC[N+](C)(C)C)C(=O)[O-]. The fourth-order valence-corrected chi connectivity index (χ4v) is 9.85. The molecule has 2 atom stereocenters. The molecule has 0 radical (unpaired) electrons. The highest BCUT2D eigenvalue weighted by molar-refractivity contribution is 5.70. The van der Waals surface area contributed by atoms with Crippen molar-refractivity contribution in [2.75, 3.05) is 47.5 Å². The van der Waals surface area contributed by atoms with Gasteiger partial charge in [0.05, 0.1) is 40.3 Å². The third-order valence-electron chi connectivity index (χ3n) is 15.5. The minimum absolute atomic E-state index is 0.139. The number of carbonyl (C=O) groups excluding carboxylic acids is 3. The number of allylic oxidation sites excluding steroid dienone is 28. The van der Waals surface area contributed by atoms with E-state index in [0.717, 1.165) is 135 Å². The lowest BCUT2D eigenvalue weighted by atomic mass is 10.0. The Morgan fingerprint density at radius 1 is 0.323 bits per heavy atom. The molecule has 526 valence electrons. The third kappa shape index (κ3) is 73.9. The molecule has 0 aromatic heterocycles. The Labute approximate surface area is 571 Å². The van der Waals surface area contributed by atoms with Gasteiger partial charge in [-0.15, -0.1) is 0 Å². The van der Waals surface area contributed by atoms with Gasteiger partial charge in [0.15, 0.2) is 12.4 Å². The molecular weight excluding hydrogens is 1150 g/mol.